The van der Waals surface area contributed by atoms with Crippen LogP contribution < -0.4 is 0 Å². The molecular formula is C50H90Mo2O4P4-2. The molecule has 2 rings (SSSR count). The average Bonchev–Trinajstić information content (AvgIpc) is 3.42. The van der Waals surface area contributed by atoms with Gasteiger partial charge in [0.1, 0.15) is 0 Å². The van der Waals surface area contributed by atoms with E-state index >= 15 is 0 Å². The first-order chi connectivity index (χ1) is 26.4. The van der Waals surface area contributed by atoms with Gasteiger partial charge in [0.05, 0.1) is 0 Å². The molecule has 2 aromatic carbocycles. The maximum atomic E-state index is 7.50. The van der Waals surface area contributed by atoms with Crippen LogP contribution in [0, 0.1) is 95.8 Å². The first-order valence-electron chi connectivity index (χ1n) is 20.6. The van der Waals surface area contributed by atoms with Gasteiger partial charge in [0, 0.05) is 42.1 Å². The summed E-state index contributed by atoms with van der Waals surface area (Å²) in [5.41, 5.74) is 14.7. The van der Waals surface area contributed by atoms with Crippen molar-refractivity contribution in [3.05, 3.63) is 82.2 Å². The first-order valence-corrected chi connectivity index (χ1v) is 27.2. The zero-order valence-corrected chi connectivity index (χ0v) is 51.1. The van der Waals surface area contributed by atoms with Gasteiger partial charge in [-0.25, -0.2) is 0 Å². The Hall–Kier alpha value is 0.497. The van der Waals surface area contributed by atoms with Crippen molar-refractivity contribution in [1.82, 2.24) is 0 Å². The van der Waals surface area contributed by atoms with Crippen LogP contribution in [0.1, 0.15) is 205 Å². The maximum Gasteiger partial charge on any atom is 0 e. The van der Waals surface area contributed by atoms with Gasteiger partial charge in [-0.2, -0.15) is 55.6 Å². The summed E-state index contributed by atoms with van der Waals surface area (Å²) in [6, 6.07) is 0. The van der Waals surface area contributed by atoms with Gasteiger partial charge in [0.15, 0.2) is 0 Å². The van der Waals surface area contributed by atoms with Crippen molar-refractivity contribution in [3.63, 3.8) is 0 Å². The van der Waals surface area contributed by atoms with E-state index in [1.807, 2.05) is 0 Å². The minimum Gasteiger partial charge on any atom is 0 e. The second-order valence-corrected chi connectivity index (χ2v) is 32.1. The third kappa shape index (κ3) is 35.8. The minimum atomic E-state index is 0. The topological polar surface area (TPSA) is 79.6 Å². The van der Waals surface area contributed by atoms with E-state index in [2.05, 4.69) is 207 Å². The van der Waals surface area contributed by atoms with Gasteiger partial charge in [-0.1, -0.05) is 219 Å². The summed E-state index contributed by atoms with van der Waals surface area (Å²) in [6.45, 7) is 78.0. The quantitative estimate of drug-likeness (QED) is 0.120. The van der Waals surface area contributed by atoms with E-state index in [9.17, 15) is 0 Å². The Bertz CT molecular complexity index is 1120. The predicted octanol–water partition coefficient (Wildman–Crippen LogP) is 18.9. The van der Waals surface area contributed by atoms with Crippen molar-refractivity contribution < 1.29 is 60.7 Å². The number of hydrogen-bond donors (Lipinski definition) is 0. The van der Waals surface area contributed by atoms with Crippen molar-refractivity contribution in [1.29, 1.82) is 0 Å². The Morgan fingerprint density at radius 2 is 0.517 bits per heavy atom. The number of unbranched alkanes of at least 4 members (excludes halogenated alkanes) is 4. The molecule has 0 aromatic heterocycles. The summed E-state index contributed by atoms with van der Waals surface area (Å²) >= 11 is 0. The summed E-state index contributed by atoms with van der Waals surface area (Å²) in [6.07, 6.45) is 8.15. The fraction of sp³-hybridized carbons (Fsp3) is 0.720. The van der Waals surface area contributed by atoms with Crippen LogP contribution in [0.4, 0.5) is 0 Å². The maximum absolute atomic E-state index is 7.50. The Morgan fingerprint density at radius 3 is 0.567 bits per heavy atom. The number of hydrogen-bond acceptors (Lipinski definition) is 0. The largest absolute Gasteiger partial charge is 0 e. The summed E-state index contributed by atoms with van der Waals surface area (Å²) in [7, 11) is 3.40. The van der Waals surface area contributed by atoms with Crippen molar-refractivity contribution in [2.24, 2.45) is 0 Å². The molecule has 2 aromatic rings. The molecule has 0 amide bonds. The third-order valence-electron chi connectivity index (χ3n) is 9.80. The van der Waals surface area contributed by atoms with E-state index < -0.39 is 0 Å². The molecule has 0 spiro atoms. The summed E-state index contributed by atoms with van der Waals surface area (Å²) in [5.74, 6) is 0. The molecule has 0 aliphatic heterocycles. The van der Waals surface area contributed by atoms with Gasteiger partial charge < -0.3 is 0 Å². The molecule has 0 fully saturated rings. The van der Waals surface area contributed by atoms with E-state index in [1.54, 1.807) is 15.1 Å². The first kappa shape index (κ1) is 80.8. The Morgan fingerprint density at radius 1 is 0.383 bits per heavy atom. The van der Waals surface area contributed by atoms with Crippen LogP contribution in [0.3, 0.4) is 0 Å². The standard InChI is InChI=1S/C16H36P4.2C10H15.2C5H12.4CO.2Mo/c1-13(2,3)19(14(4,5)6)17-18-20(15(7,8)9)16(10,11)12;2*1-6-7(2)9(4)10(5)8(6)3;2*1-3-5-4-2;4*1-2;;/h1-12H3;2*1-5H3;2*3-5H2,1-2H3;;;;;;/q;2*-1;;;;;;;;. The van der Waals surface area contributed by atoms with E-state index in [1.165, 1.54) is 94.2 Å². The second kappa shape index (κ2) is 43.4. The second-order valence-electron chi connectivity index (χ2n) is 18.4. The summed E-state index contributed by atoms with van der Waals surface area (Å²) in [4.78, 5) is 0. The van der Waals surface area contributed by atoms with Gasteiger partial charge in [-0.15, -0.1) is 0 Å². The Kier molecular flexibility index (Phi) is 58.4. The van der Waals surface area contributed by atoms with Gasteiger partial charge in [0.25, 0.3) is 0 Å². The molecule has 0 radical (unpaired) electrons. The molecular weight excluding hydrogens is 980 g/mol. The zero-order chi connectivity index (χ0) is 48.6. The molecule has 0 unspecified atom stereocenters. The van der Waals surface area contributed by atoms with Crippen LogP contribution in [0.2, 0.25) is 0 Å². The number of rotatable bonds is 6. The molecule has 0 heterocycles. The van der Waals surface area contributed by atoms with Crippen LogP contribution in [0.15, 0.2) is 0 Å². The third-order valence-corrected chi connectivity index (χ3v) is 29.9. The Balaban J connectivity index is -0.0000000794. The van der Waals surface area contributed by atoms with Gasteiger partial charge in [-0.3, -0.25) is 0 Å². The Labute approximate surface area is 409 Å². The normalized spacial score (nSPS) is 10.3. The summed E-state index contributed by atoms with van der Waals surface area (Å²) < 4.78 is 30.0. The molecule has 0 N–H and O–H groups in total. The molecule has 0 saturated heterocycles. The molecule has 0 saturated carbocycles. The van der Waals surface area contributed by atoms with E-state index in [0.29, 0.717) is 20.6 Å². The van der Waals surface area contributed by atoms with Gasteiger partial charge in [-0.05, 0) is 51.0 Å². The van der Waals surface area contributed by atoms with Gasteiger partial charge in [0.2, 0.25) is 0 Å². The van der Waals surface area contributed by atoms with Crippen LogP contribution in [0.25, 0.3) is 0 Å². The molecule has 4 nitrogen and oxygen atoms in total. The van der Waals surface area contributed by atoms with Crippen molar-refractivity contribution in [2.75, 3.05) is 0 Å². The fourth-order valence-electron chi connectivity index (χ4n) is 6.15. The molecule has 0 bridgehead atoms. The molecule has 0 aliphatic rings. The predicted molar refractivity (Wildman–Crippen MR) is 264 cm³/mol. The summed E-state index contributed by atoms with van der Waals surface area (Å²) in [5, 5.41) is 1.77. The molecule has 60 heavy (non-hydrogen) atoms. The van der Waals surface area contributed by atoms with Crippen LogP contribution in [-0.2, 0) is 60.7 Å². The van der Waals surface area contributed by atoms with E-state index in [-0.39, 0.29) is 57.4 Å². The average molecular weight is 1070 g/mol. The molecule has 348 valence electrons. The smallest absolute Gasteiger partial charge is 0 e. The van der Waals surface area contributed by atoms with Gasteiger partial charge >= 0.3 is 45.2 Å². The molecule has 0 aliphatic carbocycles. The fourth-order valence-corrected chi connectivity index (χ4v) is 30.5. The van der Waals surface area contributed by atoms with Crippen molar-refractivity contribution >= 4 is 30.3 Å². The van der Waals surface area contributed by atoms with Crippen LogP contribution >= 0.6 is 30.3 Å². The SMILES string of the molecule is CC(C)(C)P(P=PP(C(C)(C)C)C(C)(C)C)C(C)(C)C.CCCCC.CCCCC.Cc1c(C)c(C)[c-](C)c1C.Cc1c(C)c(C)[c-](C)c1C.[C-]#[O+].[C-]#[O+].[C-]#[O+].[C-]#[O+].[Mo].[Mo]. The molecule has 0 atom stereocenters. The van der Waals surface area contributed by atoms with Crippen molar-refractivity contribution in [2.45, 2.75) is 239 Å². The molecule has 10 heteroatoms. The monoisotopic (exact) mass is 1070 g/mol. The van der Waals surface area contributed by atoms with E-state index in [0.717, 1.165) is 0 Å². The minimum absolute atomic E-state index is 0. The van der Waals surface area contributed by atoms with Crippen LogP contribution in [0.5, 0.6) is 0 Å². The zero-order valence-electron chi connectivity index (χ0n) is 43.5. The van der Waals surface area contributed by atoms with Crippen LogP contribution in [-0.4, -0.2) is 20.6 Å². The van der Waals surface area contributed by atoms with Crippen molar-refractivity contribution in [3.8, 4) is 0 Å². The van der Waals surface area contributed by atoms with E-state index in [4.69, 9.17) is 18.6 Å².